The first-order valence-electron chi connectivity index (χ1n) is 9.03. The van der Waals surface area contributed by atoms with Crippen molar-refractivity contribution < 1.29 is 0 Å². The number of nitrogens with one attached hydrogen (secondary N) is 4. The Balaban J connectivity index is 1.56. The van der Waals surface area contributed by atoms with E-state index in [0.29, 0.717) is 26.2 Å². The lowest BCUT2D eigenvalue weighted by Crippen LogP contribution is -2.33. The molecule has 4 N–H and O–H groups in total. The monoisotopic (exact) mass is 454 g/mol. The number of hydrogen-bond donors (Lipinski definition) is 4. The molecule has 4 nitrogen and oxygen atoms in total. The van der Waals surface area contributed by atoms with Crippen molar-refractivity contribution in [2.75, 3.05) is 23.7 Å². The van der Waals surface area contributed by atoms with Gasteiger partial charge in [-0.25, -0.2) is 0 Å². The zero-order valence-electron chi connectivity index (χ0n) is 15.6. The van der Waals surface area contributed by atoms with Crippen LogP contribution in [0.2, 0.25) is 10.0 Å². The molecule has 150 valence electrons. The van der Waals surface area contributed by atoms with Gasteiger partial charge in [0.1, 0.15) is 0 Å². The molecule has 0 aliphatic rings. The molecule has 2 aromatic rings. The van der Waals surface area contributed by atoms with E-state index in [2.05, 4.69) is 28.2 Å². The van der Waals surface area contributed by atoms with Crippen molar-refractivity contribution in [3.8, 4) is 0 Å². The summed E-state index contributed by atoms with van der Waals surface area (Å²) < 4.78 is 0. The molecule has 1 unspecified atom stereocenters. The molecule has 0 radical (unpaired) electrons. The molecule has 28 heavy (non-hydrogen) atoms. The first kappa shape index (κ1) is 22.7. The zero-order valence-corrected chi connectivity index (χ0v) is 18.7. The predicted octanol–water partition coefficient (Wildman–Crippen LogP) is 5.68. The fourth-order valence-electron chi connectivity index (χ4n) is 2.44. The normalized spacial score (nSPS) is 11.4. The largest absolute Gasteiger partial charge is 0.362 e. The Morgan fingerprint density at radius 1 is 0.821 bits per heavy atom. The molecule has 2 rings (SSSR count). The summed E-state index contributed by atoms with van der Waals surface area (Å²) in [5, 5.41) is 15.4. The van der Waals surface area contributed by atoms with Gasteiger partial charge >= 0.3 is 0 Å². The van der Waals surface area contributed by atoms with Crippen LogP contribution in [-0.4, -0.2) is 23.3 Å². The van der Waals surface area contributed by atoms with Crippen molar-refractivity contribution in [1.82, 2.24) is 10.6 Å². The van der Waals surface area contributed by atoms with Crippen molar-refractivity contribution >= 4 is 69.2 Å². The third-order valence-corrected chi connectivity index (χ3v) is 4.97. The van der Waals surface area contributed by atoms with Crippen LogP contribution in [0.15, 0.2) is 48.5 Å². The molecular formula is C20H24Cl2N4S2. The second-order valence-electron chi connectivity index (χ2n) is 6.48. The molecule has 0 spiro atoms. The van der Waals surface area contributed by atoms with E-state index in [1.165, 1.54) is 0 Å². The molecule has 0 amide bonds. The minimum Gasteiger partial charge on any atom is -0.362 e. The first-order chi connectivity index (χ1) is 13.4. The Morgan fingerprint density at radius 3 is 1.79 bits per heavy atom. The first-order valence-corrected chi connectivity index (χ1v) is 10.6. The maximum Gasteiger partial charge on any atom is 0.170 e. The van der Waals surface area contributed by atoms with Crippen LogP contribution in [0.3, 0.4) is 0 Å². The maximum absolute atomic E-state index is 5.88. The van der Waals surface area contributed by atoms with E-state index < -0.39 is 0 Å². The number of rotatable bonds is 8. The highest BCUT2D eigenvalue weighted by molar-refractivity contribution is 7.80. The minimum absolute atomic E-state index is 0.490. The molecule has 8 heteroatoms. The highest BCUT2D eigenvalue weighted by atomic mass is 35.5. The third kappa shape index (κ3) is 9.06. The number of halogens is 2. The third-order valence-electron chi connectivity index (χ3n) is 3.97. The molecule has 2 aromatic carbocycles. The predicted molar refractivity (Wildman–Crippen MR) is 130 cm³/mol. The summed E-state index contributed by atoms with van der Waals surface area (Å²) >= 11 is 22.4. The van der Waals surface area contributed by atoms with E-state index in [9.17, 15) is 0 Å². The lowest BCUT2D eigenvalue weighted by molar-refractivity contribution is 0.501. The summed E-state index contributed by atoms with van der Waals surface area (Å²) in [4.78, 5) is 0. The van der Waals surface area contributed by atoms with E-state index in [4.69, 9.17) is 47.6 Å². The smallest absolute Gasteiger partial charge is 0.170 e. The van der Waals surface area contributed by atoms with Gasteiger partial charge in [-0.3, -0.25) is 0 Å². The molecule has 1 atom stereocenters. The molecule has 0 heterocycles. The quantitative estimate of drug-likeness (QED) is 0.303. The van der Waals surface area contributed by atoms with Crippen LogP contribution >= 0.6 is 47.6 Å². The summed E-state index contributed by atoms with van der Waals surface area (Å²) in [5.74, 6) is 0.490. The van der Waals surface area contributed by atoms with Gasteiger partial charge in [0.15, 0.2) is 10.2 Å². The van der Waals surface area contributed by atoms with Gasteiger partial charge in [-0.2, -0.15) is 0 Å². The zero-order chi connectivity index (χ0) is 20.4. The maximum atomic E-state index is 5.88. The van der Waals surface area contributed by atoms with Crippen LogP contribution in [0.25, 0.3) is 0 Å². The van der Waals surface area contributed by atoms with Gasteiger partial charge in [0, 0.05) is 34.5 Å². The summed E-state index contributed by atoms with van der Waals surface area (Å²) in [7, 11) is 0. The highest BCUT2D eigenvalue weighted by Crippen LogP contribution is 2.14. The Hall–Kier alpha value is -1.60. The fraction of sp³-hybridized carbons (Fsp3) is 0.300. The molecule has 0 bridgehead atoms. The van der Waals surface area contributed by atoms with Crippen LogP contribution in [0.5, 0.6) is 0 Å². The van der Waals surface area contributed by atoms with Gasteiger partial charge in [-0.1, -0.05) is 30.1 Å². The van der Waals surface area contributed by atoms with E-state index in [1.807, 2.05) is 48.5 Å². The second-order valence-corrected chi connectivity index (χ2v) is 8.17. The van der Waals surface area contributed by atoms with Crippen molar-refractivity contribution in [1.29, 1.82) is 0 Å². The average Bonchev–Trinajstić information content (AvgIpc) is 2.67. The minimum atomic E-state index is 0.490. The lowest BCUT2D eigenvalue weighted by atomic mass is 10.1. The van der Waals surface area contributed by atoms with Crippen LogP contribution in [0, 0.1) is 5.92 Å². The second kappa shape index (κ2) is 12.1. The lowest BCUT2D eigenvalue weighted by Gasteiger charge is -2.16. The standard InChI is InChI=1S/C20H24Cl2N4S2/c1-14(13-24-20(28)26-18-10-6-16(22)7-11-18)3-2-12-23-19(27)25-17-8-4-15(21)5-9-17/h4-11,14H,2-3,12-13H2,1H3,(H2,23,25,27)(H2,24,26,28). The van der Waals surface area contributed by atoms with Gasteiger partial charge in [-0.05, 0) is 91.7 Å². The van der Waals surface area contributed by atoms with Crippen molar-refractivity contribution in [3.05, 3.63) is 58.6 Å². The van der Waals surface area contributed by atoms with E-state index in [0.717, 1.165) is 37.3 Å². The van der Waals surface area contributed by atoms with Crippen molar-refractivity contribution in [2.24, 2.45) is 5.92 Å². The average molecular weight is 455 g/mol. The molecule has 0 aliphatic carbocycles. The Kier molecular flexibility index (Phi) is 9.78. The molecular weight excluding hydrogens is 431 g/mol. The van der Waals surface area contributed by atoms with Crippen LogP contribution in [-0.2, 0) is 0 Å². The van der Waals surface area contributed by atoms with Gasteiger partial charge in [0.05, 0.1) is 0 Å². The van der Waals surface area contributed by atoms with Crippen LogP contribution in [0.4, 0.5) is 11.4 Å². The Morgan fingerprint density at radius 2 is 1.29 bits per heavy atom. The van der Waals surface area contributed by atoms with Crippen molar-refractivity contribution in [3.63, 3.8) is 0 Å². The van der Waals surface area contributed by atoms with Gasteiger partial charge in [-0.15, -0.1) is 0 Å². The molecule has 0 aromatic heterocycles. The number of benzene rings is 2. The topological polar surface area (TPSA) is 48.1 Å². The fourth-order valence-corrected chi connectivity index (χ4v) is 3.11. The molecule has 0 saturated carbocycles. The summed E-state index contributed by atoms with van der Waals surface area (Å²) in [6, 6.07) is 14.9. The van der Waals surface area contributed by atoms with E-state index >= 15 is 0 Å². The number of thiocarbonyl (C=S) groups is 2. The Labute approximate surface area is 187 Å². The van der Waals surface area contributed by atoms with Gasteiger partial charge in [0.2, 0.25) is 0 Å². The van der Waals surface area contributed by atoms with Crippen LogP contribution < -0.4 is 21.3 Å². The van der Waals surface area contributed by atoms with Gasteiger partial charge < -0.3 is 21.3 Å². The highest BCUT2D eigenvalue weighted by Gasteiger charge is 2.04. The van der Waals surface area contributed by atoms with Gasteiger partial charge in [0.25, 0.3) is 0 Å². The van der Waals surface area contributed by atoms with Crippen molar-refractivity contribution in [2.45, 2.75) is 19.8 Å². The summed E-state index contributed by atoms with van der Waals surface area (Å²) in [6.07, 6.45) is 2.08. The Bertz CT molecular complexity index is 767. The number of hydrogen-bond acceptors (Lipinski definition) is 2. The molecule has 0 saturated heterocycles. The van der Waals surface area contributed by atoms with E-state index in [1.54, 1.807) is 0 Å². The molecule has 0 fully saturated rings. The summed E-state index contributed by atoms with van der Waals surface area (Å²) in [6.45, 7) is 3.83. The number of anilines is 2. The van der Waals surface area contributed by atoms with Crippen LogP contribution in [0.1, 0.15) is 19.8 Å². The van der Waals surface area contributed by atoms with E-state index in [-0.39, 0.29) is 0 Å². The SMILES string of the molecule is CC(CCCNC(=S)Nc1ccc(Cl)cc1)CNC(=S)Nc1ccc(Cl)cc1. The summed E-state index contributed by atoms with van der Waals surface area (Å²) in [5.41, 5.74) is 1.83. The molecule has 0 aliphatic heterocycles.